The van der Waals surface area contributed by atoms with Gasteiger partial charge in [-0.1, -0.05) is 46.9 Å². The topological polar surface area (TPSA) is 50.7 Å². The maximum Gasteiger partial charge on any atom is 0.277 e. The van der Waals surface area contributed by atoms with Crippen LogP contribution in [0.25, 0.3) is 0 Å². The fourth-order valence-electron chi connectivity index (χ4n) is 1.56. The van der Waals surface area contributed by atoms with E-state index in [9.17, 15) is 9.18 Å². The Hall–Kier alpha value is -1.82. The number of ether oxygens (including phenoxy) is 1. The van der Waals surface area contributed by atoms with Crippen LogP contribution in [0.5, 0.6) is 5.75 Å². The lowest BCUT2D eigenvalue weighted by Gasteiger charge is -2.08. The third kappa shape index (κ3) is 5.39. The molecule has 120 valence electrons. The molecule has 0 spiro atoms. The van der Waals surface area contributed by atoms with Crippen molar-refractivity contribution < 1.29 is 13.9 Å². The molecule has 0 fully saturated rings. The summed E-state index contributed by atoms with van der Waals surface area (Å²) in [5.41, 5.74) is 2.76. The quantitative estimate of drug-likeness (QED) is 0.481. The number of hydrogen-bond donors (Lipinski definition) is 1. The summed E-state index contributed by atoms with van der Waals surface area (Å²) >= 11 is 17.5. The second-order valence-electron chi connectivity index (χ2n) is 4.33. The number of carbonyl (C=O) groups is 1. The number of carbonyl (C=O) groups excluding carboxylic acids is 1. The molecule has 1 N–H and O–H groups in total. The Morgan fingerprint density at radius 2 is 1.91 bits per heavy atom. The average molecular weight is 376 g/mol. The molecule has 4 nitrogen and oxygen atoms in total. The van der Waals surface area contributed by atoms with E-state index in [2.05, 4.69) is 10.5 Å². The van der Waals surface area contributed by atoms with Crippen molar-refractivity contribution in [3.05, 3.63) is 62.8 Å². The molecule has 0 radical (unpaired) electrons. The molecule has 0 aliphatic rings. The van der Waals surface area contributed by atoms with E-state index in [0.29, 0.717) is 5.56 Å². The molecule has 0 saturated heterocycles. The van der Waals surface area contributed by atoms with Gasteiger partial charge in [0.05, 0.1) is 21.3 Å². The van der Waals surface area contributed by atoms with E-state index >= 15 is 0 Å². The first-order valence-electron chi connectivity index (χ1n) is 6.30. The Morgan fingerprint density at radius 3 is 2.65 bits per heavy atom. The van der Waals surface area contributed by atoms with Gasteiger partial charge in [0.15, 0.2) is 6.61 Å². The van der Waals surface area contributed by atoms with Gasteiger partial charge in [0, 0.05) is 6.07 Å². The first-order valence-corrected chi connectivity index (χ1v) is 7.44. The average Bonchev–Trinajstić information content (AvgIpc) is 2.50. The van der Waals surface area contributed by atoms with Crippen LogP contribution in [0.3, 0.4) is 0 Å². The predicted molar refractivity (Wildman–Crippen MR) is 89.1 cm³/mol. The van der Waals surface area contributed by atoms with Crippen LogP contribution >= 0.6 is 34.8 Å². The highest BCUT2D eigenvalue weighted by molar-refractivity contribution is 6.43. The first-order chi connectivity index (χ1) is 11.0. The van der Waals surface area contributed by atoms with Gasteiger partial charge < -0.3 is 4.74 Å². The number of nitrogens with zero attached hydrogens (tertiary/aromatic N) is 1. The second kappa shape index (κ2) is 8.15. The third-order valence-corrected chi connectivity index (χ3v) is 3.60. The second-order valence-corrected chi connectivity index (χ2v) is 5.56. The summed E-state index contributed by atoms with van der Waals surface area (Å²) in [5.74, 6) is -0.678. The number of nitrogens with one attached hydrogen (secondary N) is 1. The summed E-state index contributed by atoms with van der Waals surface area (Å²) in [6.07, 6.45) is 1.31. The van der Waals surface area contributed by atoms with Crippen LogP contribution in [0.1, 0.15) is 5.56 Å². The minimum Gasteiger partial charge on any atom is -0.482 e. The highest BCUT2D eigenvalue weighted by Gasteiger charge is 2.09. The van der Waals surface area contributed by atoms with Gasteiger partial charge in [-0.15, -0.1) is 0 Å². The first kappa shape index (κ1) is 17.5. The maximum absolute atomic E-state index is 13.0. The molecule has 2 aromatic rings. The van der Waals surface area contributed by atoms with Gasteiger partial charge in [0.25, 0.3) is 5.91 Å². The summed E-state index contributed by atoms with van der Waals surface area (Å²) < 4.78 is 18.2. The zero-order chi connectivity index (χ0) is 16.8. The van der Waals surface area contributed by atoms with Gasteiger partial charge in [-0.3, -0.25) is 4.79 Å². The van der Waals surface area contributed by atoms with Gasteiger partial charge in [-0.05, 0) is 23.8 Å². The van der Waals surface area contributed by atoms with Crippen molar-refractivity contribution in [2.45, 2.75) is 0 Å². The smallest absolute Gasteiger partial charge is 0.277 e. The Labute approximate surface area is 146 Å². The van der Waals surface area contributed by atoms with Crippen molar-refractivity contribution in [1.29, 1.82) is 0 Å². The molecule has 0 atom stereocenters. The minimum absolute atomic E-state index is 0.227. The van der Waals surface area contributed by atoms with Crippen molar-refractivity contribution in [2.75, 3.05) is 6.61 Å². The van der Waals surface area contributed by atoms with Crippen LogP contribution in [0.2, 0.25) is 15.1 Å². The van der Waals surface area contributed by atoms with Crippen LogP contribution in [0.4, 0.5) is 4.39 Å². The summed E-state index contributed by atoms with van der Waals surface area (Å²) in [5, 5.41) is 4.47. The van der Waals surface area contributed by atoms with Crippen LogP contribution in [0.15, 0.2) is 41.5 Å². The van der Waals surface area contributed by atoms with E-state index in [0.717, 1.165) is 0 Å². The fourth-order valence-corrected chi connectivity index (χ4v) is 2.15. The van der Waals surface area contributed by atoms with Gasteiger partial charge in [0.1, 0.15) is 11.6 Å². The van der Waals surface area contributed by atoms with Crippen molar-refractivity contribution in [2.24, 2.45) is 5.10 Å². The largest absolute Gasteiger partial charge is 0.482 e. The number of halogens is 4. The zero-order valence-corrected chi connectivity index (χ0v) is 13.8. The third-order valence-electron chi connectivity index (χ3n) is 2.59. The molecule has 1 amide bonds. The molecular weight excluding hydrogens is 366 g/mol. The van der Waals surface area contributed by atoms with Crippen molar-refractivity contribution in [3.63, 3.8) is 0 Å². The van der Waals surface area contributed by atoms with Crippen molar-refractivity contribution in [3.8, 4) is 5.75 Å². The molecular formula is C15H10Cl3FN2O2. The molecule has 23 heavy (non-hydrogen) atoms. The van der Waals surface area contributed by atoms with Gasteiger partial charge in [-0.25, -0.2) is 9.82 Å². The van der Waals surface area contributed by atoms with Gasteiger partial charge in [-0.2, -0.15) is 5.10 Å². The molecule has 8 heteroatoms. The molecule has 0 aliphatic heterocycles. The number of benzene rings is 2. The maximum atomic E-state index is 13.0. The summed E-state index contributed by atoms with van der Waals surface area (Å²) in [6.45, 7) is -0.321. The number of hydrazone groups is 1. The van der Waals surface area contributed by atoms with Crippen LogP contribution < -0.4 is 10.2 Å². The summed E-state index contributed by atoms with van der Waals surface area (Å²) in [7, 11) is 0. The zero-order valence-electron chi connectivity index (χ0n) is 11.5. The van der Waals surface area contributed by atoms with Crippen molar-refractivity contribution >= 4 is 46.9 Å². The Morgan fingerprint density at radius 1 is 1.17 bits per heavy atom. The van der Waals surface area contributed by atoms with Crippen LogP contribution in [-0.2, 0) is 4.79 Å². The lowest BCUT2D eigenvalue weighted by Crippen LogP contribution is -2.24. The fraction of sp³-hybridized carbons (Fsp3) is 0.0667. The van der Waals surface area contributed by atoms with E-state index in [1.54, 1.807) is 6.07 Å². The van der Waals surface area contributed by atoms with Gasteiger partial charge >= 0.3 is 0 Å². The molecule has 0 unspecified atom stereocenters. The van der Waals surface area contributed by atoms with Crippen LogP contribution in [0, 0.1) is 5.82 Å². The standard InChI is InChI=1S/C15H10Cl3FN2O2/c16-11-5-13(18)14(6-12(11)17)23-8-15(22)21-20-7-9-2-1-3-10(19)4-9/h1-7H,8H2,(H,21,22). The monoisotopic (exact) mass is 374 g/mol. The summed E-state index contributed by atoms with van der Waals surface area (Å²) in [4.78, 5) is 11.6. The predicted octanol–water partition coefficient (Wildman–Crippen LogP) is 4.32. The van der Waals surface area contributed by atoms with Crippen LogP contribution in [-0.4, -0.2) is 18.7 Å². The molecule has 0 heterocycles. The molecule has 0 aromatic heterocycles. The number of rotatable bonds is 5. The molecule has 0 saturated carbocycles. The van der Waals surface area contributed by atoms with E-state index in [4.69, 9.17) is 39.5 Å². The molecule has 2 rings (SSSR count). The van der Waals surface area contributed by atoms with E-state index < -0.39 is 11.7 Å². The lowest BCUT2D eigenvalue weighted by atomic mass is 10.2. The Kier molecular flexibility index (Phi) is 6.21. The Balaban J connectivity index is 1.87. The number of hydrogen-bond acceptors (Lipinski definition) is 3. The Bertz CT molecular complexity index is 753. The van der Waals surface area contributed by atoms with Crippen molar-refractivity contribution in [1.82, 2.24) is 5.43 Å². The van der Waals surface area contributed by atoms with E-state index in [1.165, 1.54) is 36.5 Å². The highest BCUT2D eigenvalue weighted by Crippen LogP contribution is 2.33. The number of amides is 1. The normalized spacial score (nSPS) is 10.8. The summed E-state index contributed by atoms with van der Waals surface area (Å²) in [6, 6.07) is 8.60. The minimum atomic E-state index is -0.514. The molecule has 2 aromatic carbocycles. The molecule has 0 bridgehead atoms. The van der Waals surface area contributed by atoms with Gasteiger partial charge in [0.2, 0.25) is 0 Å². The lowest BCUT2D eigenvalue weighted by molar-refractivity contribution is -0.123. The van der Waals surface area contributed by atoms with E-state index in [-0.39, 0.29) is 27.4 Å². The molecule has 0 aliphatic carbocycles. The van der Waals surface area contributed by atoms with E-state index in [1.807, 2.05) is 0 Å². The SMILES string of the molecule is O=C(COc1cc(Cl)c(Cl)cc1Cl)NN=Cc1cccc(F)c1. The highest BCUT2D eigenvalue weighted by atomic mass is 35.5.